The van der Waals surface area contributed by atoms with E-state index in [1.54, 1.807) is 24.3 Å². The molecular formula is C28H35F2N11O2. The lowest BCUT2D eigenvalue weighted by Gasteiger charge is -2.35. The molecule has 10 N–H and O–H groups in total. The van der Waals surface area contributed by atoms with Crippen molar-refractivity contribution in [2.75, 3.05) is 46.6 Å². The highest BCUT2D eigenvalue weighted by Crippen LogP contribution is 2.27. The van der Waals surface area contributed by atoms with Gasteiger partial charge in [-0.05, 0) is 49.2 Å². The van der Waals surface area contributed by atoms with Crippen molar-refractivity contribution < 1.29 is 18.4 Å². The molecule has 2 aliphatic rings. The number of rotatable bonds is 9. The number of halogens is 2. The molecule has 1 amide bonds. The first-order valence-electron chi connectivity index (χ1n) is 14.0. The van der Waals surface area contributed by atoms with Crippen molar-refractivity contribution in [1.29, 1.82) is 0 Å². The summed E-state index contributed by atoms with van der Waals surface area (Å²) in [6, 6.07) is 9.05. The molecule has 1 aromatic heterocycles. The van der Waals surface area contributed by atoms with E-state index in [-0.39, 0.29) is 41.4 Å². The van der Waals surface area contributed by atoms with Crippen LogP contribution in [-0.2, 0) is 4.79 Å². The lowest BCUT2D eigenvalue weighted by Crippen LogP contribution is -2.53. The Morgan fingerprint density at radius 2 is 1.49 bits per heavy atom. The van der Waals surface area contributed by atoms with Gasteiger partial charge >= 0.3 is 0 Å². The zero-order chi connectivity index (χ0) is 30.7. The van der Waals surface area contributed by atoms with E-state index in [0.29, 0.717) is 56.6 Å². The predicted octanol–water partition coefficient (Wildman–Crippen LogP) is 0.834. The maximum absolute atomic E-state index is 13.4. The number of carbonyl (C=O) groups excluding carboxylic acids is 2. The Bertz CT molecular complexity index is 1470. The minimum absolute atomic E-state index is 0.0199. The molecule has 2 aliphatic heterocycles. The van der Waals surface area contributed by atoms with Crippen LogP contribution in [0, 0.1) is 11.6 Å². The van der Waals surface area contributed by atoms with E-state index in [1.165, 1.54) is 6.07 Å². The fraction of sp³-hybridized carbons (Fsp3) is 0.393. The van der Waals surface area contributed by atoms with Crippen LogP contribution >= 0.6 is 0 Å². The number of nitrogens with one attached hydrogen (secondary N) is 2. The van der Waals surface area contributed by atoms with Crippen LogP contribution in [0.15, 0.2) is 42.5 Å². The van der Waals surface area contributed by atoms with Gasteiger partial charge in [-0.15, -0.1) is 0 Å². The molecule has 0 unspecified atom stereocenters. The van der Waals surface area contributed by atoms with Gasteiger partial charge in [0.2, 0.25) is 23.8 Å². The molecule has 0 spiro atoms. The van der Waals surface area contributed by atoms with Crippen LogP contribution in [0.1, 0.15) is 29.6 Å². The maximum Gasteiger partial charge on any atom is 0.233 e. The van der Waals surface area contributed by atoms with Gasteiger partial charge in [-0.3, -0.25) is 9.59 Å². The first-order chi connectivity index (χ1) is 20.6. The van der Waals surface area contributed by atoms with Gasteiger partial charge in [-0.1, -0.05) is 0 Å². The smallest absolute Gasteiger partial charge is 0.233 e. The standard InChI is InChI=1S/C28H35F2N11O2/c29-22-6-5-20(9-23(22)30)35-25(43)10-24(42)15-1-3-19(4-2-15)36-26-37-27(40-12-16(32)7-17(33)13-40)39-28(38-26)41-14-18(34)8-21(41)11-31/h1-6,9,16-18,21H,7-8,10-14,31-34H2,(H,35,43)(H,36,37,38,39)/t16-,17+,18-,21-/m0/s1. The molecular weight excluding hydrogens is 560 g/mol. The van der Waals surface area contributed by atoms with E-state index in [9.17, 15) is 18.4 Å². The van der Waals surface area contributed by atoms with Crippen molar-refractivity contribution in [3.05, 3.63) is 59.7 Å². The van der Waals surface area contributed by atoms with E-state index in [0.717, 1.165) is 12.1 Å². The highest BCUT2D eigenvalue weighted by atomic mass is 19.2. The molecule has 3 heterocycles. The molecule has 2 fully saturated rings. The molecule has 0 radical (unpaired) electrons. The number of hydrogen-bond acceptors (Lipinski definition) is 12. The molecule has 228 valence electrons. The normalized spacial score (nSPS) is 22.0. The van der Waals surface area contributed by atoms with Crippen LogP contribution in [0.3, 0.4) is 0 Å². The SMILES string of the molecule is NC[C@@H]1C[C@H](N)CN1c1nc(Nc2ccc(C(=O)CC(=O)Nc3ccc(F)c(F)c3)cc2)nc(N2C[C@H](N)C[C@H](N)C2)n1. The van der Waals surface area contributed by atoms with Gasteiger partial charge < -0.3 is 43.4 Å². The number of Topliss-reactive ketones (excluding diaryl/α,β-unsaturated/α-hetero) is 1. The van der Waals surface area contributed by atoms with Crippen molar-refractivity contribution in [2.24, 2.45) is 22.9 Å². The van der Waals surface area contributed by atoms with Crippen molar-refractivity contribution in [3.63, 3.8) is 0 Å². The first kappa shape index (κ1) is 30.2. The number of ketones is 1. The lowest BCUT2D eigenvalue weighted by molar-refractivity contribution is -0.115. The molecule has 4 atom stereocenters. The van der Waals surface area contributed by atoms with Crippen LogP contribution in [0.2, 0.25) is 0 Å². The summed E-state index contributed by atoms with van der Waals surface area (Å²) in [4.78, 5) is 42.9. The zero-order valence-corrected chi connectivity index (χ0v) is 23.4. The second-order valence-corrected chi connectivity index (χ2v) is 10.9. The number of anilines is 5. The van der Waals surface area contributed by atoms with Gasteiger partial charge in [-0.2, -0.15) is 15.0 Å². The van der Waals surface area contributed by atoms with Crippen molar-refractivity contribution in [1.82, 2.24) is 15.0 Å². The third-order valence-electron chi connectivity index (χ3n) is 7.37. The molecule has 2 saturated heterocycles. The average molecular weight is 596 g/mol. The lowest BCUT2D eigenvalue weighted by atomic mass is 10.0. The molecule has 0 saturated carbocycles. The Morgan fingerprint density at radius 3 is 2.16 bits per heavy atom. The molecule has 43 heavy (non-hydrogen) atoms. The number of nitrogens with zero attached hydrogens (tertiary/aromatic N) is 5. The van der Waals surface area contributed by atoms with Gasteiger partial charge in [0.15, 0.2) is 17.4 Å². The molecule has 0 aliphatic carbocycles. The number of hydrogen-bond donors (Lipinski definition) is 6. The van der Waals surface area contributed by atoms with Crippen LogP contribution in [-0.4, -0.2) is 77.0 Å². The third-order valence-corrected chi connectivity index (χ3v) is 7.37. The van der Waals surface area contributed by atoms with E-state index in [1.807, 2.05) is 9.80 Å². The highest BCUT2D eigenvalue weighted by molar-refractivity contribution is 6.11. The van der Waals surface area contributed by atoms with Crippen molar-refractivity contribution in [2.45, 2.75) is 43.4 Å². The van der Waals surface area contributed by atoms with Crippen LogP contribution < -0.4 is 43.4 Å². The summed E-state index contributed by atoms with van der Waals surface area (Å²) < 4.78 is 26.5. The quantitative estimate of drug-likeness (QED) is 0.150. The summed E-state index contributed by atoms with van der Waals surface area (Å²) in [7, 11) is 0. The largest absolute Gasteiger partial charge is 0.338 e. The van der Waals surface area contributed by atoms with Crippen molar-refractivity contribution in [3.8, 4) is 0 Å². The number of aromatic nitrogens is 3. The van der Waals surface area contributed by atoms with E-state index >= 15 is 0 Å². The summed E-state index contributed by atoms with van der Waals surface area (Å²) in [5, 5.41) is 5.56. The summed E-state index contributed by atoms with van der Waals surface area (Å²) in [5.41, 5.74) is 25.6. The molecule has 13 nitrogen and oxygen atoms in total. The van der Waals surface area contributed by atoms with Gasteiger partial charge in [0.05, 0.1) is 6.42 Å². The number of piperidine rings is 1. The third kappa shape index (κ3) is 7.37. The van der Waals surface area contributed by atoms with E-state index < -0.39 is 29.7 Å². The zero-order valence-electron chi connectivity index (χ0n) is 23.4. The maximum atomic E-state index is 13.4. The van der Waals surface area contributed by atoms with Crippen molar-refractivity contribution >= 4 is 40.9 Å². The summed E-state index contributed by atoms with van der Waals surface area (Å²) in [6.07, 6.45) is 0.938. The molecule has 15 heteroatoms. The van der Waals surface area contributed by atoms with Crippen LogP contribution in [0.4, 0.5) is 38.0 Å². The van der Waals surface area contributed by atoms with Crippen LogP contribution in [0.25, 0.3) is 0 Å². The minimum Gasteiger partial charge on any atom is -0.338 e. The minimum atomic E-state index is -1.10. The Hall–Kier alpha value is -4.31. The topological polar surface area (TPSA) is 207 Å². The highest BCUT2D eigenvalue weighted by Gasteiger charge is 2.33. The number of benzene rings is 2. The Labute approximate surface area is 247 Å². The second-order valence-electron chi connectivity index (χ2n) is 10.9. The Morgan fingerprint density at radius 1 is 0.837 bits per heavy atom. The average Bonchev–Trinajstić information content (AvgIpc) is 3.35. The summed E-state index contributed by atoms with van der Waals surface area (Å²) in [6.45, 7) is 2.02. The Balaban J connectivity index is 1.31. The predicted molar refractivity (Wildman–Crippen MR) is 159 cm³/mol. The fourth-order valence-corrected chi connectivity index (χ4v) is 5.34. The van der Waals surface area contributed by atoms with Gasteiger partial charge in [0.25, 0.3) is 0 Å². The van der Waals surface area contributed by atoms with E-state index in [4.69, 9.17) is 27.9 Å². The number of carbonyl (C=O) groups is 2. The van der Waals surface area contributed by atoms with Gasteiger partial charge in [0, 0.05) is 73.4 Å². The van der Waals surface area contributed by atoms with Crippen LogP contribution in [0.5, 0.6) is 0 Å². The summed E-state index contributed by atoms with van der Waals surface area (Å²) in [5.74, 6) is -2.11. The fourth-order valence-electron chi connectivity index (χ4n) is 5.34. The van der Waals surface area contributed by atoms with Gasteiger partial charge in [-0.25, -0.2) is 8.78 Å². The molecule has 2 aromatic carbocycles. The molecule has 0 bridgehead atoms. The molecule has 3 aromatic rings. The van der Waals surface area contributed by atoms with Gasteiger partial charge in [0.1, 0.15) is 0 Å². The number of amides is 1. The number of nitrogens with two attached hydrogens (primary N) is 4. The second kappa shape index (κ2) is 12.9. The summed E-state index contributed by atoms with van der Waals surface area (Å²) >= 11 is 0. The molecule has 5 rings (SSSR count). The Kier molecular flexibility index (Phi) is 9.05. The first-order valence-corrected chi connectivity index (χ1v) is 14.0. The van der Waals surface area contributed by atoms with E-state index in [2.05, 4.69) is 20.6 Å². The monoisotopic (exact) mass is 595 g/mol.